The number of aryl methyl sites for hydroxylation is 1. The van der Waals surface area contributed by atoms with Gasteiger partial charge >= 0.3 is 0 Å². The van der Waals surface area contributed by atoms with Crippen molar-refractivity contribution in [1.29, 1.82) is 0 Å². The van der Waals surface area contributed by atoms with Crippen molar-refractivity contribution in [3.05, 3.63) is 47.8 Å². The average molecular weight is 309 g/mol. The topological polar surface area (TPSA) is 27.1 Å². The molecule has 0 saturated carbocycles. The van der Waals surface area contributed by atoms with Crippen LogP contribution < -0.4 is 4.74 Å². The van der Waals surface area contributed by atoms with Crippen molar-refractivity contribution in [2.45, 2.75) is 17.7 Å². The van der Waals surface area contributed by atoms with Gasteiger partial charge in [0.2, 0.25) is 0 Å². The van der Waals surface area contributed by atoms with Crippen molar-refractivity contribution in [3.8, 4) is 5.75 Å². The molecule has 0 bridgehead atoms. The van der Waals surface area contributed by atoms with E-state index < -0.39 is 0 Å². The molecule has 1 aromatic carbocycles. The lowest BCUT2D eigenvalue weighted by Gasteiger charge is -2.11. The smallest absolute Gasteiger partial charge is 0.159 e. The molecule has 3 nitrogen and oxygen atoms in total. The predicted octanol–water partition coefficient (Wildman–Crippen LogP) is 3.50. The Kier molecular flexibility index (Phi) is 4.42. The quantitative estimate of drug-likeness (QED) is 0.791. The summed E-state index contributed by atoms with van der Waals surface area (Å²) in [4.78, 5) is 0.360. The molecular formula is C14H17BrN2O. The minimum Gasteiger partial charge on any atom is -0.493 e. The van der Waals surface area contributed by atoms with Crippen LogP contribution in [0.2, 0.25) is 0 Å². The summed E-state index contributed by atoms with van der Waals surface area (Å²) in [5, 5.41) is 4.21. The summed E-state index contributed by atoms with van der Waals surface area (Å²) in [6, 6.07) is 10.4. The molecule has 0 N–H and O–H groups in total. The van der Waals surface area contributed by atoms with Crippen LogP contribution in [0.1, 0.15) is 22.5 Å². The first-order valence-corrected chi connectivity index (χ1v) is 6.88. The fourth-order valence-corrected chi connectivity index (χ4v) is 2.52. The zero-order valence-electron chi connectivity index (χ0n) is 10.6. The summed E-state index contributed by atoms with van der Waals surface area (Å²) in [6.45, 7) is 0. The minimum atomic E-state index is 0.360. The summed E-state index contributed by atoms with van der Waals surface area (Å²) in [5.41, 5.74) is 2.44. The van der Waals surface area contributed by atoms with Crippen molar-refractivity contribution < 1.29 is 4.74 Å². The molecule has 4 heteroatoms. The lowest BCUT2D eigenvalue weighted by atomic mass is 10.1. The molecule has 0 saturated heterocycles. The highest BCUT2D eigenvalue weighted by atomic mass is 79.9. The lowest BCUT2D eigenvalue weighted by molar-refractivity contribution is 0.407. The minimum absolute atomic E-state index is 0.360. The molecule has 96 valence electrons. The Morgan fingerprint density at radius 3 is 2.72 bits per heavy atom. The summed E-state index contributed by atoms with van der Waals surface area (Å²) >= 11 is 3.73. The molecule has 2 aromatic rings. The lowest BCUT2D eigenvalue weighted by Crippen LogP contribution is -2.02. The Bertz CT molecular complexity index is 496. The van der Waals surface area contributed by atoms with Gasteiger partial charge in [-0.2, -0.15) is 5.10 Å². The number of alkyl halides is 1. The van der Waals surface area contributed by atoms with Gasteiger partial charge in [0, 0.05) is 11.9 Å². The summed E-state index contributed by atoms with van der Waals surface area (Å²) < 4.78 is 7.18. The zero-order chi connectivity index (χ0) is 13.0. The SMILES string of the molecule is COc1cnn(C)c1CCC(Br)c1ccccc1. The third-order valence-electron chi connectivity index (χ3n) is 3.04. The van der Waals surface area contributed by atoms with Crippen molar-refractivity contribution >= 4 is 15.9 Å². The number of nitrogens with zero attached hydrogens (tertiary/aromatic N) is 2. The van der Waals surface area contributed by atoms with E-state index in [0.29, 0.717) is 4.83 Å². The van der Waals surface area contributed by atoms with E-state index >= 15 is 0 Å². The number of hydrogen-bond acceptors (Lipinski definition) is 2. The van der Waals surface area contributed by atoms with Gasteiger partial charge in [-0.05, 0) is 18.4 Å². The molecule has 0 aliphatic heterocycles. The molecule has 0 aliphatic rings. The zero-order valence-corrected chi connectivity index (χ0v) is 12.2. The monoisotopic (exact) mass is 308 g/mol. The predicted molar refractivity (Wildman–Crippen MR) is 76.2 cm³/mol. The Labute approximate surface area is 116 Å². The Morgan fingerprint density at radius 2 is 2.06 bits per heavy atom. The van der Waals surface area contributed by atoms with E-state index in [-0.39, 0.29) is 0 Å². The molecule has 0 radical (unpaired) electrons. The highest BCUT2D eigenvalue weighted by molar-refractivity contribution is 9.09. The van der Waals surface area contributed by atoms with Crippen molar-refractivity contribution in [2.24, 2.45) is 7.05 Å². The third-order valence-corrected chi connectivity index (χ3v) is 4.03. The largest absolute Gasteiger partial charge is 0.493 e. The molecule has 1 heterocycles. The number of hydrogen-bond donors (Lipinski definition) is 0. The van der Waals surface area contributed by atoms with Crippen molar-refractivity contribution in [3.63, 3.8) is 0 Å². The highest BCUT2D eigenvalue weighted by Gasteiger charge is 2.12. The van der Waals surface area contributed by atoms with E-state index in [1.54, 1.807) is 13.3 Å². The standard InChI is InChI=1S/C14H17BrN2O/c1-17-13(14(18-2)10-16-17)9-8-12(15)11-6-4-3-5-7-11/h3-7,10,12H,8-9H2,1-2H3. The summed E-state index contributed by atoms with van der Waals surface area (Å²) in [7, 11) is 3.63. The first kappa shape index (κ1) is 13.1. The maximum absolute atomic E-state index is 5.31. The van der Waals surface area contributed by atoms with Gasteiger partial charge in [-0.25, -0.2) is 0 Å². The number of aromatic nitrogens is 2. The van der Waals surface area contributed by atoms with Gasteiger partial charge in [-0.3, -0.25) is 4.68 Å². The average Bonchev–Trinajstić information content (AvgIpc) is 2.77. The summed E-state index contributed by atoms with van der Waals surface area (Å²) in [6.07, 6.45) is 3.71. The molecule has 0 aliphatic carbocycles. The van der Waals surface area contributed by atoms with Gasteiger partial charge < -0.3 is 4.74 Å². The number of halogens is 1. The Hall–Kier alpha value is -1.29. The third kappa shape index (κ3) is 2.93. The molecule has 1 atom stereocenters. The molecule has 2 rings (SSSR count). The van der Waals surface area contributed by atoms with E-state index in [4.69, 9.17) is 4.74 Å². The van der Waals surface area contributed by atoms with Crippen LogP contribution >= 0.6 is 15.9 Å². The molecule has 1 aromatic heterocycles. The van der Waals surface area contributed by atoms with Gasteiger partial charge in [0.1, 0.15) is 0 Å². The van der Waals surface area contributed by atoms with Crippen LogP contribution in [0, 0.1) is 0 Å². The second kappa shape index (κ2) is 6.05. The number of benzene rings is 1. The molecule has 0 amide bonds. The van der Waals surface area contributed by atoms with E-state index in [2.05, 4.69) is 45.3 Å². The van der Waals surface area contributed by atoms with Crippen LogP contribution in [0.4, 0.5) is 0 Å². The maximum Gasteiger partial charge on any atom is 0.159 e. The maximum atomic E-state index is 5.31. The van der Waals surface area contributed by atoms with E-state index in [9.17, 15) is 0 Å². The van der Waals surface area contributed by atoms with Crippen LogP contribution in [-0.2, 0) is 13.5 Å². The molecular weight excluding hydrogens is 292 g/mol. The van der Waals surface area contributed by atoms with Crippen LogP contribution in [0.3, 0.4) is 0 Å². The first-order valence-electron chi connectivity index (χ1n) is 5.96. The van der Waals surface area contributed by atoms with E-state index in [0.717, 1.165) is 24.3 Å². The fourth-order valence-electron chi connectivity index (χ4n) is 1.99. The second-order valence-electron chi connectivity index (χ2n) is 4.20. The van der Waals surface area contributed by atoms with Crippen LogP contribution in [0.5, 0.6) is 5.75 Å². The van der Waals surface area contributed by atoms with Gasteiger partial charge in [-0.1, -0.05) is 46.3 Å². The molecule has 18 heavy (non-hydrogen) atoms. The molecule has 0 spiro atoms. The van der Waals surface area contributed by atoms with Crippen LogP contribution in [0.15, 0.2) is 36.5 Å². The Balaban J connectivity index is 2.01. The molecule has 0 fully saturated rings. The van der Waals surface area contributed by atoms with Crippen molar-refractivity contribution in [1.82, 2.24) is 9.78 Å². The van der Waals surface area contributed by atoms with Gasteiger partial charge in [-0.15, -0.1) is 0 Å². The number of ether oxygens (including phenoxy) is 1. The van der Waals surface area contributed by atoms with Crippen molar-refractivity contribution in [2.75, 3.05) is 7.11 Å². The van der Waals surface area contributed by atoms with Gasteiger partial charge in [0.25, 0.3) is 0 Å². The van der Waals surface area contributed by atoms with Crippen LogP contribution in [0.25, 0.3) is 0 Å². The van der Waals surface area contributed by atoms with E-state index in [1.165, 1.54) is 5.56 Å². The molecule has 1 unspecified atom stereocenters. The fraction of sp³-hybridized carbons (Fsp3) is 0.357. The number of methoxy groups -OCH3 is 1. The van der Waals surface area contributed by atoms with Gasteiger partial charge in [0.15, 0.2) is 5.75 Å². The summed E-state index contributed by atoms with van der Waals surface area (Å²) in [5.74, 6) is 0.866. The highest BCUT2D eigenvalue weighted by Crippen LogP contribution is 2.29. The normalized spacial score (nSPS) is 12.4. The van der Waals surface area contributed by atoms with Gasteiger partial charge in [0.05, 0.1) is 19.0 Å². The van der Waals surface area contributed by atoms with E-state index in [1.807, 2.05) is 17.8 Å². The first-order chi connectivity index (χ1) is 8.72. The second-order valence-corrected chi connectivity index (χ2v) is 5.31. The number of rotatable bonds is 5. The van der Waals surface area contributed by atoms with Crippen LogP contribution in [-0.4, -0.2) is 16.9 Å². The Morgan fingerprint density at radius 1 is 1.33 bits per heavy atom.